The van der Waals surface area contributed by atoms with E-state index < -0.39 is 12.0 Å². The maximum Gasteiger partial charge on any atom is 0.326 e. The van der Waals surface area contributed by atoms with Crippen molar-refractivity contribution in [2.75, 3.05) is 0 Å². The van der Waals surface area contributed by atoms with Crippen LogP contribution in [0.1, 0.15) is 26.2 Å². The molecule has 0 aliphatic heterocycles. The number of amides is 1. The largest absolute Gasteiger partial charge is 0.480 e. The molecule has 0 heterocycles. The number of nitrogens with one attached hydrogen (secondary N) is 1. The van der Waals surface area contributed by atoms with Gasteiger partial charge in [0.15, 0.2) is 0 Å². The zero-order chi connectivity index (χ0) is 11.7. The molecule has 16 heavy (non-hydrogen) atoms. The van der Waals surface area contributed by atoms with Crippen molar-refractivity contribution in [3.05, 3.63) is 12.2 Å². The highest BCUT2D eigenvalue weighted by Crippen LogP contribution is 2.43. The molecular weight excluding hydrogens is 206 g/mol. The van der Waals surface area contributed by atoms with Gasteiger partial charge in [-0.15, -0.1) is 0 Å². The first kappa shape index (κ1) is 11.2. The third-order valence-corrected chi connectivity index (χ3v) is 3.64. The molecule has 88 valence electrons. The maximum absolute atomic E-state index is 11.9. The highest BCUT2D eigenvalue weighted by Gasteiger charge is 2.40. The molecule has 0 aromatic heterocycles. The minimum atomic E-state index is -0.949. The van der Waals surface area contributed by atoms with Crippen LogP contribution in [0, 0.1) is 17.8 Å². The molecule has 1 fully saturated rings. The van der Waals surface area contributed by atoms with E-state index in [1.54, 1.807) is 6.92 Å². The van der Waals surface area contributed by atoms with Gasteiger partial charge in [0.25, 0.3) is 0 Å². The van der Waals surface area contributed by atoms with Gasteiger partial charge in [0, 0.05) is 5.92 Å². The smallest absolute Gasteiger partial charge is 0.326 e. The lowest BCUT2D eigenvalue weighted by Gasteiger charge is -2.20. The van der Waals surface area contributed by atoms with Crippen molar-refractivity contribution in [1.29, 1.82) is 0 Å². The second-order valence-corrected chi connectivity index (χ2v) is 4.69. The Balaban J connectivity index is 1.93. The Morgan fingerprint density at radius 2 is 2.19 bits per heavy atom. The Hall–Kier alpha value is -1.32. The minimum Gasteiger partial charge on any atom is -0.480 e. The van der Waals surface area contributed by atoms with Gasteiger partial charge in [-0.3, -0.25) is 4.79 Å². The third-order valence-electron chi connectivity index (χ3n) is 3.64. The number of rotatable bonds is 4. The maximum atomic E-state index is 11.9. The second kappa shape index (κ2) is 4.28. The van der Waals surface area contributed by atoms with Crippen LogP contribution in [0.15, 0.2) is 12.2 Å². The van der Waals surface area contributed by atoms with E-state index in [1.165, 1.54) is 0 Å². The molecule has 3 unspecified atom stereocenters. The highest BCUT2D eigenvalue weighted by molar-refractivity contribution is 5.85. The molecule has 0 radical (unpaired) electrons. The quantitative estimate of drug-likeness (QED) is 0.703. The number of carbonyl (C=O) groups excluding carboxylic acids is 1. The van der Waals surface area contributed by atoms with Crippen LogP contribution in [0.4, 0.5) is 0 Å². The lowest BCUT2D eigenvalue weighted by molar-refractivity contribution is -0.142. The van der Waals surface area contributed by atoms with Crippen molar-refractivity contribution >= 4 is 11.9 Å². The predicted octanol–water partition coefficient (Wildman–Crippen LogP) is 1.18. The van der Waals surface area contributed by atoms with E-state index in [9.17, 15) is 9.59 Å². The molecule has 1 saturated carbocycles. The molecule has 0 saturated heterocycles. The molecule has 2 aliphatic carbocycles. The number of hydrogen-bond acceptors (Lipinski definition) is 2. The first-order valence-corrected chi connectivity index (χ1v) is 5.83. The summed E-state index contributed by atoms with van der Waals surface area (Å²) < 4.78 is 0. The molecule has 4 heteroatoms. The van der Waals surface area contributed by atoms with Crippen molar-refractivity contribution in [3.8, 4) is 0 Å². The zero-order valence-corrected chi connectivity index (χ0v) is 9.35. The Labute approximate surface area is 94.7 Å². The summed E-state index contributed by atoms with van der Waals surface area (Å²) in [5.74, 6) is -0.189. The third kappa shape index (κ3) is 1.96. The summed E-state index contributed by atoms with van der Waals surface area (Å²) >= 11 is 0. The predicted molar refractivity (Wildman–Crippen MR) is 58.7 cm³/mol. The average molecular weight is 223 g/mol. The van der Waals surface area contributed by atoms with Gasteiger partial charge < -0.3 is 10.4 Å². The molecule has 0 aromatic carbocycles. The molecule has 2 rings (SSSR count). The number of carboxylic acids is 1. The van der Waals surface area contributed by atoms with E-state index >= 15 is 0 Å². The summed E-state index contributed by atoms with van der Waals surface area (Å²) in [7, 11) is 0. The van der Waals surface area contributed by atoms with Crippen LogP contribution in [0.25, 0.3) is 0 Å². The monoisotopic (exact) mass is 223 g/mol. The standard InChI is InChI=1S/C12H17NO3/c1-2-10(12(15)16)13-11(14)9-6-7-3-4-8(9)5-7/h3-4,7-10H,2,5-6H2,1H3,(H,13,14)(H,15,16)/t7?,8?,9?,10-/m1/s1. The van der Waals surface area contributed by atoms with Crippen molar-refractivity contribution in [1.82, 2.24) is 5.32 Å². The summed E-state index contributed by atoms with van der Waals surface area (Å²) in [6.07, 6.45) is 6.63. The fraction of sp³-hybridized carbons (Fsp3) is 0.667. The normalized spacial score (nSPS) is 32.7. The molecule has 2 aliphatic rings. The van der Waals surface area contributed by atoms with E-state index in [1.807, 2.05) is 0 Å². The molecule has 0 spiro atoms. The minimum absolute atomic E-state index is 0.0107. The Morgan fingerprint density at radius 1 is 1.44 bits per heavy atom. The Morgan fingerprint density at radius 3 is 2.62 bits per heavy atom. The van der Waals surface area contributed by atoms with E-state index in [0.29, 0.717) is 18.3 Å². The summed E-state index contributed by atoms with van der Waals surface area (Å²) in [5, 5.41) is 11.5. The van der Waals surface area contributed by atoms with Crippen molar-refractivity contribution in [3.63, 3.8) is 0 Å². The first-order valence-electron chi connectivity index (χ1n) is 5.83. The average Bonchev–Trinajstić information content (AvgIpc) is 2.86. The number of hydrogen-bond donors (Lipinski definition) is 2. The lowest BCUT2D eigenvalue weighted by atomic mass is 9.92. The molecule has 0 aromatic rings. The Bertz CT molecular complexity index is 337. The van der Waals surface area contributed by atoms with Gasteiger partial charge in [0.2, 0.25) is 5.91 Å². The van der Waals surface area contributed by atoms with Gasteiger partial charge in [-0.1, -0.05) is 19.1 Å². The second-order valence-electron chi connectivity index (χ2n) is 4.69. The number of carbonyl (C=O) groups is 2. The van der Waals surface area contributed by atoms with Crippen molar-refractivity contribution in [2.24, 2.45) is 17.8 Å². The molecule has 2 bridgehead atoms. The molecule has 4 nitrogen and oxygen atoms in total. The van der Waals surface area contributed by atoms with Crippen LogP contribution < -0.4 is 5.32 Å². The van der Waals surface area contributed by atoms with Crippen LogP contribution in [0.3, 0.4) is 0 Å². The molecular formula is C12H17NO3. The number of aliphatic carboxylic acids is 1. The number of carboxylic acid groups (broad SMARTS) is 1. The van der Waals surface area contributed by atoms with Crippen LogP contribution in [0.2, 0.25) is 0 Å². The molecule has 2 N–H and O–H groups in total. The van der Waals surface area contributed by atoms with E-state index in [-0.39, 0.29) is 11.8 Å². The van der Waals surface area contributed by atoms with Gasteiger partial charge in [-0.25, -0.2) is 4.79 Å². The number of fused-ring (bicyclic) bond motifs is 2. The van der Waals surface area contributed by atoms with Gasteiger partial charge in [0.05, 0.1) is 0 Å². The fourth-order valence-corrected chi connectivity index (χ4v) is 2.70. The lowest BCUT2D eigenvalue weighted by Crippen LogP contribution is -2.44. The molecule has 4 atom stereocenters. The van der Waals surface area contributed by atoms with Gasteiger partial charge in [0.1, 0.15) is 6.04 Å². The van der Waals surface area contributed by atoms with E-state index in [2.05, 4.69) is 17.5 Å². The van der Waals surface area contributed by atoms with Crippen LogP contribution in [0.5, 0.6) is 0 Å². The Kier molecular flexibility index (Phi) is 2.99. The fourth-order valence-electron chi connectivity index (χ4n) is 2.70. The number of allylic oxidation sites excluding steroid dienone is 2. The van der Waals surface area contributed by atoms with Gasteiger partial charge >= 0.3 is 5.97 Å². The van der Waals surface area contributed by atoms with Crippen molar-refractivity contribution < 1.29 is 14.7 Å². The van der Waals surface area contributed by atoms with Gasteiger partial charge in [-0.05, 0) is 31.1 Å². The summed E-state index contributed by atoms with van der Waals surface area (Å²) in [5.41, 5.74) is 0. The summed E-state index contributed by atoms with van der Waals surface area (Å²) in [4.78, 5) is 22.7. The van der Waals surface area contributed by atoms with Gasteiger partial charge in [-0.2, -0.15) is 0 Å². The summed E-state index contributed by atoms with van der Waals surface area (Å²) in [6.45, 7) is 1.76. The van der Waals surface area contributed by atoms with Crippen molar-refractivity contribution in [2.45, 2.75) is 32.2 Å². The van der Waals surface area contributed by atoms with Crippen LogP contribution >= 0.6 is 0 Å². The van der Waals surface area contributed by atoms with Crippen LogP contribution in [-0.2, 0) is 9.59 Å². The SMILES string of the molecule is CC[C@@H](NC(=O)C1CC2C=CC1C2)C(=O)O. The van der Waals surface area contributed by atoms with E-state index in [4.69, 9.17) is 5.11 Å². The van der Waals surface area contributed by atoms with Crippen LogP contribution in [-0.4, -0.2) is 23.0 Å². The highest BCUT2D eigenvalue weighted by atomic mass is 16.4. The first-order chi connectivity index (χ1) is 7.61. The molecule has 1 amide bonds. The topological polar surface area (TPSA) is 66.4 Å². The zero-order valence-electron chi connectivity index (χ0n) is 9.35. The van der Waals surface area contributed by atoms with E-state index in [0.717, 1.165) is 12.8 Å². The summed E-state index contributed by atoms with van der Waals surface area (Å²) in [6, 6.07) is -0.740.